The molecule has 3 N–H and O–H groups in total. The third-order valence-electron chi connectivity index (χ3n) is 4.75. The van der Waals surface area contributed by atoms with E-state index in [-0.39, 0.29) is 11.7 Å². The van der Waals surface area contributed by atoms with Gasteiger partial charge in [0.1, 0.15) is 11.6 Å². The number of carbonyl (C=O) groups is 1. The number of fused-ring (bicyclic) bond motifs is 1. The summed E-state index contributed by atoms with van der Waals surface area (Å²) in [4.78, 5) is 14.3. The molecule has 0 spiro atoms. The highest BCUT2D eigenvalue weighted by atomic mass is 19.1. The second-order valence-corrected chi connectivity index (χ2v) is 6.49. The SMILES string of the molecule is CCN(CC)CCNc1ccc(NC=C2C(=O)Nc3ccc(F)cc32)cc1F. The molecule has 1 aliphatic heterocycles. The van der Waals surface area contributed by atoms with Gasteiger partial charge in [0.25, 0.3) is 5.91 Å². The number of carbonyl (C=O) groups excluding carboxylic acids is 1. The van der Waals surface area contributed by atoms with Gasteiger partial charge in [0.15, 0.2) is 0 Å². The first kappa shape index (κ1) is 19.8. The van der Waals surface area contributed by atoms with Gasteiger partial charge in [-0.25, -0.2) is 8.78 Å². The van der Waals surface area contributed by atoms with Crippen LogP contribution in [0, 0.1) is 11.6 Å². The van der Waals surface area contributed by atoms with Gasteiger partial charge in [0.05, 0.1) is 11.3 Å². The molecule has 0 saturated carbocycles. The van der Waals surface area contributed by atoms with Crippen molar-refractivity contribution in [3.05, 3.63) is 59.8 Å². The fourth-order valence-electron chi connectivity index (χ4n) is 3.10. The summed E-state index contributed by atoms with van der Waals surface area (Å²) in [5.41, 5.74) is 2.26. The molecule has 0 atom stereocenters. The van der Waals surface area contributed by atoms with Crippen LogP contribution in [0.3, 0.4) is 0 Å². The Bertz CT molecular complexity index is 894. The minimum absolute atomic E-state index is 0.302. The lowest BCUT2D eigenvalue weighted by atomic mass is 10.1. The van der Waals surface area contributed by atoms with Gasteiger partial charge in [-0.15, -0.1) is 0 Å². The Morgan fingerprint density at radius 1 is 1.11 bits per heavy atom. The molecule has 1 aliphatic rings. The second-order valence-electron chi connectivity index (χ2n) is 6.49. The van der Waals surface area contributed by atoms with Crippen LogP contribution in [0.4, 0.5) is 25.8 Å². The molecule has 0 radical (unpaired) electrons. The zero-order chi connectivity index (χ0) is 20.1. The summed E-state index contributed by atoms with van der Waals surface area (Å²) < 4.78 is 27.8. The van der Waals surface area contributed by atoms with E-state index in [4.69, 9.17) is 0 Å². The molecule has 0 bridgehead atoms. The highest BCUT2D eigenvalue weighted by molar-refractivity contribution is 6.31. The molecule has 28 heavy (non-hydrogen) atoms. The van der Waals surface area contributed by atoms with E-state index in [2.05, 4.69) is 34.7 Å². The Labute approximate surface area is 163 Å². The van der Waals surface area contributed by atoms with Crippen LogP contribution in [0.1, 0.15) is 19.4 Å². The standard InChI is InChI=1S/C21H24F2N4O/c1-3-27(4-2)10-9-24-20-8-6-15(12-18(20)23)25-13-17-16-11-14(22)5-7-19(16)26-21(17)28/h5-8,11-13,24-25H,3-4,9-10H2,1-2H3,(H,26,28). The van der Waals surface area contributed by atoms with Crippen LogP contribution < -0.4 is 16.0 Å². The van der Waals surface area contributed by atoms with E-state index in [0.717, 1.165) is 19.6 Å². The molecular weight excluding hydrogens is 362 g/mol. The van der Waals surface area contributed by atoms with E-state index >= 15 is 0 Å². The topological polar surface area (TPSA) is 56.4 Å². The van der Waals surface area contributed by atoms with E-state index in [1.54, 1.807) is 12.1 Å². The lowest BCUT2D eigenvalue weighted by Gasteiger charge is -2.18. The van der Waals surface area contributed by atoms with Crippen LogP contribution in [0.15, 0.2) is 42.6 Å². The summed E-state index contributed by atoms with van der Waals surface area (Å²) in [6.45, 7) is 7.59. The third-order valence-corrected chi connectivity index (χ3v) is 4.75. The largest absolute Gasteiger partial charge is 0.381 e. The Balaban J connectivity index is 1.66. The Kier molecular flexibility index (Phi) is 6.26. The zero-order valence-electron chi connectivity index (χ0n) is 16.0. The molecule has 0 aliphatic carbocycles. The van der Waals surface area contributed by atoms with Crippen molar-refractivity contribution in [3.8, 4) is 0 Å². The fourth-order valence-corrected chi connectivity index (χ4v) is 3.10. The van der Waals surface area contributed by atoms with E-state index in [9.17, 15) is 13.6 Å². The van der Waals surface area contributed by atoms with Gasteiger partial charge in [-0.2, -0.15) is 0 Å². The van der Waals surface area contributed by atoms with Crippen LogP contribution in [0.2, 0.25) is 0 Å². The maximum Gasteiger partial charge on any atom is 0.257 e. The molecule has 3 rings (SSSR count). The molecule has 0 fully saturated rings. The van der Waals surface area contributed by atoms with Gasteiger partial charge >= 0.3 is 0 Å². The number of likely N-dealkylation sites (N-methyl/N-ethyl adjacent to an activating group) is 1. The summed E-state index contributed by atoms with van der Waals surface area (Å²) in [7, 11) is 0. The minimum Gasteiger partial charge on any atom is -0.381 e. The van der Waals surface area contributed by atoms with E-state index < -0.39 is 5.82 Å². The van der Waals surface area contributed by atoms with Crippen molar-refractivity contribution in [1.82, 2.24) is 4.90 Å². The number of nitrogens with zero attached hydrogens (tertiary/aromatic N) is 1. The van der Waals surface area contributed by atoms with Gasteiger partial charge in [-0.1, -0.05) is 13.8 Å². The Morgan fingerprint density at radius 2 is 1.89 bits per heavy atom. The third kappa shape index (κ3) is 4.48. The van der Waals surface area contributed by atoms with Crippen LogP contribution in [-0.4, -0.2) is 37.0 Å². The molecule has 2 aromatic rings. The number of benzene rings is 2. The number of anilines is 3. The molecule has 1 amide bonds. The predicted molar refractivity (Wildman–Crippen MR) is 109 cm³/mol. The maximum absolute atomic E-state index is 14.3. The zero-order valence-corrected chi connectivity index (χ0v) is 16.0. The van der Waals surface area contributed by atoms with Crippen LogP contribution in [0.25, 0.3) is 5.57 Å². The summed E-state index contributed by atoms with van der Waals surface area (Å²) in [5, 5.41) is 8.69. The average molecular weight is 386 g/mol. The van der Waals surface area contributed by atoms with Crippen molar-refractivity contribution in [2.75, 3.05) is 42.1 Å². The highest BCUT2D eigenvalue weighted by Gasteiger charge is 2.24. The number of nitrogens with one attached hydrogen (secondary N) is 3. The molecule has 2 aromatic carbocycles. The summed E-state index contributed by atoms with van der Waals surface area (Å²) in [6, 6.07) is 8.83. The van der Waals surface area contributed by atoms with Crippen molar-refractivity contribution in [3.63, 3.8) is 0 Å². The smallest absolute Gasteiger partial charge is 0.257 e. The molecule has 7 heteroatoms. The molecule has 0 saturated heterocycles. The van der Waals surface area contributed by atoms with Crippen molar-refractivity contribution in [2.24, 2.45) is 0 Å². The van der Waals surface area contributed by atoms with Crippen LogP contribution in [-0.2, 0) is 4.79 Å². The first-order valence-corrected chi connectivity index (χ1v) is 9.35. The van der Waals surface area contributed by atoms with Crippen LogP contribution >= 0.6 is 0 Å². The van der Waals surface area contributed by atoms with Crippen molar-refractivity contribution in [2.45, 2.75) is 13.8 Å². The molecular formula is C21H24F2N4O. The first-order chi connectivity index (χ1) is 13.5. The minimum atomic E-state index is -0.424. The number of rotatable bonds is 8. The maximum atomic E-state index is 14.3. The van der Waals surface area contributed by atoms with E-state index in [1.165, 1.54) is 30.5 Å². The lowest BCUT2D eigenvalue weighted by Crippen LogP contribution is -2.28. The van der Waals surface area contributed by atoms with Gasteiger partial charge < -0.3 is 20.9 Å². The molecule has 0 aromatic heterocycles. The van der Waals surface area contributed by atoms with Gasteiger partial charge in [0, 0.05) is 36.2 Å². The first-order valence-electron chi connectivity index (χ1n) is 9.35. The predicted octanol–water partition coefficient (Wildman–Crippen LogP) is 4.12. The number of hydrogen-bond acceptors (Lipinski definition) is 4. The van der Waals surface area contributed by atoms with Crippen molar-refractivity contribution >= 4 is 28.5 Å². The molecule has 1 heterocycles. The number of halogens is 2. The summed E-state index contributed by atoms with van der Waals surface area (Å²) >= 11 is 0. The normalized spacial score (nSPS) is 14.3. The monoisotopic (exact) mass is 386 g/mol. The van der Waals surface area contributed by atoms with E-state index in [0.29, 0.717) is 34.7 Å². The fraction of sp³-hybridized carbons (Fsp3) is 0.286. The van der Waals surface area contributed by atoms with E-state index in [1.807, 2.05) is 0 Å². The number of hydrogen-bond donors (Lipinski definition) is 3. The summed E-state index contributed by atoms with van der Waals surface area (Å²) in [6.07, 6.45) is 1.46. The van der Waals surface area contributed by atoms with Crippen molar-refractivity contribution < 1.29 is 13.6 Å². The summed E-state index contributed by atoms with van der Waals surface area (Å²) in [5.74, 6) is -1.14. The second kappa shape index (κ2) is 8.84. The molecule has 0 unspecified atom stereocenters. The quantitative estimate of drug-likeness (QED) is 0.598. The van der Waals surface area contributed by atoms with Gasteiger partial charge in [-0.3, -0.25) is 4.79 Å². The Morgan fingerprint density at radius 3 is 2.61 bits per heavy atom. The highest BCUT2D eigenvalue weighted by Crippen LogP contribution is 2.32. The van der Waals surface area contributed by atoms with Crippen molar-refractivity contribution in [1.29, 1.82) is 0 Å². The molecule has 148 valence electrons. The molecule has 5 nitrogen and oxygen atoms in total. The average Bonchev–Trinajstić information content (AvgIpc) is 2.99. The lowest BCUT2D eigenvalue weighted by molar-refractivity contribution is -0.110. The number of amides is 1. The van der Waals surface area contributed by atoms with Gasteiger partial charge in [-0.05, 0) is 49.5 Å². The Hall–Kier alpha value is -2.93. The van der Waals surface area contributed by atoms with Crippen LogP contribution in [0.5, 0.6) is 0 Å². The van der Waals surface area contributed by atoms with Gasteiger partial charge in [0.2, 0.25) is 0 Å².